The van der Waals surface area contributed by atoms with Gasteiger partial charge in [0.2, 0.25) is 5.95 Å². The third kappa shape index (κ3) is 2.01. The molecule has 1 aliphatic heterocycles. The molecule has 1 aliphatic rings. The Bertz CT molecular complexity index is 294. The van der Waals surface area contributed by atoms with E-state index in [4.69, 9.17) is 0 Å². The molecule has 1 fully saturated rings. The van der Waals surface area contributed by atoms with E-state index in [0.717, 1.165) is 31.3 Å². The predicted octanol–water partition coefficient (Wildman–Crippen LogP) is 0.985. The van der Waals surface area contributed by atoms with Crippen molar-refractivity contribution in [3.63, 3.8) is 0 Å². The van der Waals surface area contributed by atoms with E-state index in [1.807, 2.05) is 19.2 Å². The maximum absolute atomic E-state index is 4.48. The molecular weight excluding hydrogens is 176 g/mol. The van der Waals surface area contributed by atoms with Crippen LogP contribution in [0.4, 0.5) is 5.95 Å². The number of hydrogen-bond acceptors (Lipinski definition) is 4. The van der Waals surface area contributed by atoms with Crippen molar-refractivity contribution in [3.8, 4) is 0 Å². The topological polar surface area (TPSA) is 49.8 Å². The van der Waals surface area contributed by atoms with Gasteiger partial charge in [0.1, 0.15) is 0 Å². The van der Waals surface area contributed by atoms with Crippen LogP contribution >= 0.6 is 0 Å². The summed E-state index contributed by atoms with van der Waals surface area (Å²) in [5.41, 5.74) is 1.15. The van der Waals surface area contributed by atoms with Crippen LogP contribution in [0.1, 0.15) is 25.0 Å². The van der Waals surface area contributed by atoms with Crippen molar-refractivity contribution in [3.05, 3.63) is 18.0 Å². The largest absolute Gasteiger partial charge is 0.354 e. The molecule has 1 atom stereocenters. The van der Waals surface area contributed by atoms with E-state index in [0.29, 0.717) is 5.92 Å². The summed E-state index contributed by atoms with van der Waals surface area (Å²) in [7, 11) is 0. The molecule has 1 saturated heterocycles. The third-order valence-electron chi connectivity index (χ3n) is 2.49. The maximum Gasteiger partial charge on any atom is 0.222 e. The van der Waals surface area contributed by atoms with Gasteiger partial charge in [-0.05, 0) is 26.0 Å². The Hall–Kier alpha value is -1.16. The van der Waals surface area contributed by atoms with Crippen LogP contribution in [0.3, 0.4) is 0 Å². The number of hydrogen-bond donors (Lipinski definition) is 2. The molecule has 0 amide bonds. The van der Waals surface area contributed by atoms with Gasteiger partial charge in [0.25, 0.3) is 0 Å². The van der Waals surface area contributed by atoms with Crippen LogP contribution in [-0.2, 0) is 0 Å². The minimum absolute atomic E-state index is 0.565. The van der Waals surface area contributed by atoms with E-state index in [-0.39, 0.29) is 0 Å². The van der Waals surface area contributed by atoms with Crippen LogP contribution in [0, 0.1) is 0 Å². The van der Waals surface area contributed by atoms with Gasteiger partial charge in [-0.1, -0.05) is 0 Å². The Morgan fingerprint density at radius 2 is 2.57 bits per heavy atom. The van der Waals surface area contributed by atoms with Gasteiger partial charge >= 0.3 is 0 Å². The van der Waals surface area contributed by atoms with Crippen molar-refractivity contribution in [1.82, 2.24) is 15.3 Å². The van der Waals surface area contributed by atoms with Crippen molar-refractivity contribution in [1.29, 1.82) is 0 Å². The summed E-state index contributed by atoms with van der Waals surface area (Å²) in [5, 5.41) is 6.47. The number of rotatable bonds is 3. The van der Waals surface area contributed by atoms with E-state index < -0.39 is 0 Å². The lowest BCUT2D eigenvalue weighted by Gasteiger charge is -2.08. The molecule has 0 radical (unpaired) electrons. The highest BCUT2D eigenvalue weighted by Crippen LogP contribution is 2.20. The van der Waals surface area contributed by atoms with Gasteiger partial charge in [-0.2, -0.15) is 0 Å². The quantitative estimate of drug-likeness (QED) is 0.749. The summed E-state index contributed by atoms with van der Waals surface area (Å²) >= 11 is 0. The van der Waals surface area contributed by atoms with E-state index in [1.165, 1.54) is 6.42 Å². The summed E-state index contributed by atoms with van der Waals surface area (Å²) in [5.74, 6) is 1.31. The molecule has 14 heavy (non-hydrogen) atoms. The van der Waals surface area contributed by atoms with Gasteiger partial charge in [0, 0.05) is 25.2 Å². The molecule has 0 unspecified atom stereocenters. The lowest BCUT2D eigenvalue weighted by atomic mass is 10.1. The van der Waals surface area contributed by atoms with Crippen LogP contribution < -0.4 is 10.6 Å². The van der Waals surface area contributed by atoms with Gasteiger partial charge in [-0.25, -0.2) is 9.97 Å². The van der Waals surface area contributed by atoms with E-state index >= 15 is 0 Å². The molecule has 4 heteroatoms. The average molecular weight is 192 g/mol. The zero-order chi connectivity index (χ0) is 9.80. The van der Waals surface area contributed by atoms with Crippen LogP contribution in [0.2, 0.25) is 0 Å². The lowest BCUT2D eigenvalue weighted by Crippen LogP contribution is -2.10. The molecule has 0 aromatic carbocycles. The zero-order valence-electron chi connectivity index (χ0n) is 8.45. The maximum atomic E-state index is 4.48. The SMILES string of the molecule is CCNc1nccc([C@@H]2CCNC2)n1. The Morgan fingerprint density at radius 3 is 3.29 bits per heavy atom. The normalized spacial score (nSPS) is 21.1. The Morgan fingerprint density at radius 1 is 1.64 bits per heavy atom. The smallest absolute Gasteiger partial charge is 0.222 e. The monoisotopic (exact) mass is 192 g/mol. The first kappa shape index (κ1) is 9.40. The second-order valence-electron chi connectivity index (χ2n) is 3.53. The predicted molar refractivity (Wildman–Crippen MR) is 56.4 cm³/mol. The second kappa shape index (κ2) is 4.37. The molecular formula is C10H16N4. The average Bonchev–Trinajstić information content (AvgIpc) is 2.71. The number of nitrogens with one attached hydrogen (secondary N) is 2. The van der Waals surface area contributed by atoms with Crippen molar-refractivity contribution in [2.45, 2.75) is 19.3 Å². The van der Waals surface area contributed by atoms with Crippen LogP contribution in [0.25, 0.3) is 0 Å². The molecule has 0 aliphatic carbocycles. The third-order valence-corrected chi connectivity index (χ3v) is 2.49. The summed E-state index contributed by atoms with van der Waals surface area (Å²) in [6, 6.07) is 2.01. The van der Waals surface area contributed by atoms with E-state index in [1.54, 1.807) is 0 Å². The first-order valence-corrected chi connectivity index (χ1v) is 5.17. The molecule has 0 bridgehead atoms. The lowest BCUT2D eigenvalue weighted by molar-refractivity contribution is 0.731. The Labute approximate surface area is 84.2 Å². The summed E-state index contributed by atoms with van der Waals surface area (Å²) in [6.45, 7) is 5.06. The van der Waals surface area contributed by atoms with Gasteiger partial charge in [0.05, 0.1) is 5.69 Å². The van der Waals surface area contributed by atoms with Crippen LogP contribution in [-0.4, -0.2) is 29.6 Å². The Balaban J connectivity index is 2.12. The fourth-order valence-electron chi connectivity index (χ4n) is 1.75. The number of anilines is 1. The van der Waals surface area contributed by atoms with Gasteiger partial charge in [-0.3, -0.25) is 0 Å². The van der Waals surface area contributed by atoms with Crippen molar-refractivity contribution >= 4 is 5.95 Å². The highest BCUT2D eigenvalue weighted by molar-refractivity contribution is 5.26. The highest BCUT2D eigenvalue weighted by atomic mass is 15.1. The summed E-state index contributed by atoms with van der Waals surface area (Å²) in [4.78, 5) is 8.64. The van der Waals surface area contributed by atoms with Crippen LogP contribution in [0.15, 0.2) is 12.3 Å². The summed E-state index contributed by atoms with van der Waals surface area (Å²) < 4.78 is 0. The molecule has 1 aromatic rings. The molecule has 0 spiro atoms. The standard InChI is InChI=1S/C10H16N4/c1-2-12-10-13-6-4-9(14-10)8-3-5-11-7-8/h4,6,8,11H,2-3,5,7H2,1H3,(H,12,13,14)/t8-/m1/s1. The highest BCUT2D eigenvalue weighted by Gasteiger charge is 2.17. The van der Waals surface area contributed by atoms with Crippen molar-refractivity contribution < 1.29 is 0 Å². The molecule has 2 rings (SSSR count). The fraction of sp³-hybridized carbons (Fsp3) is 0.600. The van der Waals surface area contributed by atoms with Crippen LogP contribution in [0.5, 0.6) is 0 Å². The minimum Gasteiger partial charge on any atom is -0.354 e. The molecule has 1 aromatic heterocycles. The Kier molecular flexibility index (Phi) is 2.93. The molecule has 0 saturated carbocycles. The zero-order valence-corrected chi connectivity index (χ0v) is 8.45. The van der Waals surface area contributed by atoms with E-state index in [2.05, 4.69) is 20.6 Å². The molecule has 4 nitrogen and oxygen atoms in total. The van der Waals surface area contributed by atoms with Gasteiger partial charge in [-0.15, -0.1) is 0 Å². The van der Waals surface area contributed by atoms with E-state index in [9.17, 15) is 0 Å². The fourth-order valence-corrected chi connectivity index (χ4v) is 1.75. The summed E-state index contributed by atoms with van der Waals surface area (Å²) in [6.07, 6.45) is 3.02. The van der Waals surface area contributed by atoms with Gasteiger partial charge < -0.3 is 10.6 Å². The van der Waals surface area contributed by atoms with Crippen molar-refractivity contribution in [2.24, 2.45) is 0 Å². The van der Waals surface area contributed by atoms with Crippen molar-refractivity contribution in [2.75, 3.05) is 25.0 Å². The molecule has 76 valence electrons. The second-order valence-corrected chi connectivity index (χ2v) is 3.53. The molecule has 2 N–H and O–H groups in total. The number of aromatic nitrogens is 2. The van der Waals surface area contributed by atoms with Gasteiger partial charge in [0.15, 0.2) is 0 Å². The number of nitrogens with zero attached hydrogens (tertiary/aromatic N) is 2. The molecule has 2 heterocycles. The first-order chi connectivity index (χ1) is 6.90. The minimum atomic E-state index is 0.565. The first-order valence-electron chi connectivity index (χ1n) is 5.17.